The number of benzene rings is 3. The number of urea groups is 1. The Balaban J connectivity index is 1.59. The Bertz CT molecular complexity index is 1260. The maximum absolute atomic E-state index is 13.5. The largest absolute Gasteiger partial charge is 0.493 e. The maximum Gasteiger partial charge on any atom is 0.318 e. The molecule has 7 nitrogen and oxygen atoms in total. The molecule has 0 saturated carbocycles. The number of hydrogen-bond donors (Lipinski definition) is 2. The summed E-state index contributed by atoms with van der Waals surface area (Å²) in [6.07, 6.45) is 0.662. The standard InChI is InChI=1S/C29H33N3O4/c1-18-10-9-13-24(19(18)2)31-28(33)20(3)30-29(34)32-15-14-22-16-25(35-4)26(36-5)17-23(22)27(32)21-11-7-6-8-12-21/h6-13,16-17,20,27H,14-15H2,1-5H3,(H,30,34)(H,31,33)/t20-,27-/m0/s1. The topological polar surface area (TPSA) is 79.9 Å². The molecule has 0 bridgehead atoms. The molecule has 4 rings (SSSR count). The fourth-order valence-electron chi connectivity index (χ4n) is 4.62. The number of rotatable bonds is 6. The minimum Gasteiger partial charge on any atom is -0.493 e. The lowest BCUT2D eigenvalue weighted by molar-refractivity contribution is -0.117. The van der Waals surface area contributed by atoms with Crippen LogP contribution in [0.1, 0.15) is 40.8 Å². The van der Waals surface area contributed by atoms with Crippen molar-refractivity contribution in [1.82, 2.24) is 10.2 Å². The molecule has 0 unspecified atom stereocenters. The zero-order chi connectivity index (χ0) is 25.8. The van der Waals surface area contributed by atoms with Crippen LogP contribution in [0.25, 0.3) is 0 Å². The second-order valence-electron chi connectivity index (χ2n) is 9.07. The third-order valence-corrected chi connectivity index (χ3v) is 6.85. The van der Waals surface area contributed by atoms with Crippen molar-refractivity contribution < 1.29 is 19.1 Å². The van der Waals surface area contributed by atoms with Crippen molar-refractivity contribution in [3.05, 3.63) is 88.5 Å². The number of fused-ring (bicyclic) bond motifs is 1. The van der Waals surface area contributed by atoms with E-state index in [-0.39, 0.29) is 18.0 Å². The molecule has 0 radical (unpaired) electrons. The van der Waals surface area contributed by atoms with Crippen LogP contribution in [0.2, 0.25) is 0 Å². The summed E-state index contributed by atoms with van der Waals surface area (Å²) in [7, 11) is 3.22. The number of anilines is 1. The monoisotopic (exact) mass is 487 g/mol. The lowest BCUT2D eigenvalue weighted by atomic mass is 9.88. The Morgan fingerprint density at radius 2 is 1.67 bits per heavy atom. The molecule has 1 aliphatic heterocycles. The van der Waals surface area contributed by atoms with Crippen LogP contribution in [0.5, 0.6) is 11.5 Å². The number of nitrogens with one attached hydrogen (secondary N) is 2. The Labute approximate surface area is 212 Å². The SMILES string of the molecule is COc1cc2c(cc1OC)[C@H](c1ccccc1)N(C(=O)N[C@@H](C)C(=O)Nc1cccc(C)c1C)CC2. The van der Waals surface area contributed by atoms with Crippen molar-refractivity contribution >= 4 is 17.6 Å². The lowest BCUT2D eigenvalue weighted by Gasteiger charge is -2.38. The van der Waals surface area contributed by atoms with Crippen molar-refractivity contribution in [2.45, 2.75) is 39.3 Å². The summed E-state index contributed by atoms with van der Waals surface area (Å²) in [6, 6.07) is 18.2. The van der Waals surface area contributed by atoms with E-state index < -0.39 is 6.04 Å². The van der Waals surface area contributed by atoms with Gasteiger partial charge in [0.25, 0.3) is 0 Å². The van der Waals surface area contributed by atoms with Gasteiger partial charge in [-0.2, -0.15) is 0 Å². The van der Waals surface area contributed by atoms with E-state index in [0.29, 0.717) is 24.5 Å². The molecule has 0 saturated heterocycles. The van der Waals surface area contributed by atoms with Crippen molar-refractivity contribution in [3.8, 4) is 11.5 Å². The Morgan fingerprint density at radius 3 is 2.36 bits per heavy atom. The van der Waals surface area contributed by atoms with Crippen LogP contribution >= 0.6 is 0 Å². The van der Waals surface area contributed by atoms with Crippen LogP contribution in [-0.4, -0.2) is 43.6 Å². The molecule has 7 heteroatoms. The van der Waals surface area contributed by atoms with Gasteiger partial charge in [0.05, 0.1) is 20.3 Å². The first-order chi connectivity index (χ1) is 17.3. The van der Waals surface area contributed by atoms with E-state index in [4.69, 9.17) is 9.47 Å². The van der Waals surface area contributed by atoms with Gasteiger partial charge in [0.15, 0.2) is 11.5 Å². The van der Waals surface area contributed by atoms with Gasteiger partial charge in [-0.1, -0.05) is 42.5 Å². The number of amides is 3. The molecule has 3 amide bonds. The average molecular weight is 488 g/mol. The predicted molar refractivity (Wildman–Crippen MR) is 141 cm³/mol. The Hall–Kier alpha value is -4.00. The van der Waals surface area contributed by atoms with Gasteiger partial charge in [-0.25, -0.2) is 4.79 Å². The summed E-state index contributed by atoms with van der Waals surface area (Å²) < 4.78 is 11.1. The normalized spacial score (nSPS) is 15.5. The minimum atomic E-state index is -0.722. The molecule has 0 spiro atoms. The summed E-state index contributed by atoms with van der Waals surface area (Å²) in [6.45, 7) is 6.16. The van der Waals surface area contributed by atoms with Gasteiger partial charge >= 0.3 is 6.03 Å². The highest BCUT2D eigenvalue weighted by Crippen LogP contribution is 2.41. The molecule has 36 heavy (non-hydrogen) atoms. The van der Waals surface area contributed by atoms with Gasteiger partial charge in [-0.05, 0) is 73.2 Å². The zero-order valence-corrected chi connectivity index (χ0v) is 21.4. The predicted octanol–water partition coefficient (Wildman–Crippen LogP) is 5.00. The average Bonchev–Trinajstić information content (AvgIpc) is 2.90. The van der Waals surface area contributed by atoms with Gasteiger partial charge < -0.3 is 25.0 Å². The first-order valence-electron chi connectivity index (χ1n) is 12.1. The highest BCUT2D eigenvalue weighted by atomic mass is 16.5. The fourth-order valence-corrected chi connectivity index (χ4v) is 4.62. The zero-order valence-electron chi connectivity index (χ0n) is 21.4. The molecule has 2 atom stereocenters. The van der Waals surface area contributed by atoms with Crippen molar-refractivity contribution in [2.75, 3.05) is 26.1 Å². The fraction of sp³-hybridized carbons (Fsp3) is 0.310. The van der Waals surface area contributed by atoms with Crippen LogP contribution < -0.4 is 20.1 Å². The maximum atomic E-state index is 13.5. The van der Waals surface area contributed by atoms with Gasteiger partial charge in [0.1, 0.15) is 6.04 Å². The van der Waals surface area contributed by atoms with E-state index in [0.717, 1.165) is 33.5 Å². The summed E-state index contributed by atoms with van der Waals surface area (Å²) in [5.74, 6) is 1.01. The van der Waals surface area contributed by atoms with Crippen molar-refractivity contribution in [1.29, 1.82) is 0 Å². The molecule has 0 aromatic heterocycles. The molecule has 1 heterocycles. The van der Waals surface area contributed by atoms with E-state index in [1.54, 1.807) is 26.0 Å². The second-order valence-corrected chi connectivity index (χ2v) is 9.07. The molecule has 3 aromatic carbocycles. The number of ether oxygens (including phenoxy) is 2. The molecular formula is C29H33N3O4. The van der Waals surface area contributed by atoms with Crippen LogP contribution in [0.3, 0.4) is 0 Å². The van der Waals surface area contributed by atoms with Crippen LogP contribution in [0.15, 0.2) is 60.7 Å². The van der Waals surface area contributed by atoms with Gasteiger partial charge in [-0.3, -0.25) is 4.79 Å². The summed E-state index contributed by atoms with van der Waals surface area (Å²) in [5.41, 5.74) is 5.91. The van der Waals surface area contributed by atoms with Gasteiger partial charge in [0.2, 0.25) is 5.91 Å². The minimum absolute atomic E-state index is 0.267. The summed E-state index contributed by atoms with van der Waals surface area (Å²) >= 11 is 0. The molecule has 0 fully saturated rings. The van der Waals surface area contributed by atoms with Gasteiger partial charge in [0, 0.05) is 12.2 Å². The first kappa shape index (κ1) is 25.1. The van der Waals surface area contributed by atoms with Crippen molar-refractivity contribution in [3.63, 3.8) is 0 Å². The van der Waals surface area contributed by atoms with Crippen LogP contribution in [0, 0.1) is 13.8 Å². The van der Waals surface area contributed by atoms with Crippen LogP contribution in [0.4, 0.5) is 10.5 Å². The Kier molecular flexibility index (Phi) is 7.48. The number of carbonyl (C=O) groups excluding carboxylic acids is 2. The summed E-state index contributed by atoms with van der Waals surface area (Å²) in [5, 5.41) is 5.85. The molecule has 3 aromatic rings. The second kappa shape index (κ2) is 10.7. The summed E-state index contributed by atoms with van der Waals surface area (Å²) in [4.78, 5) is 28.2. The third-order valence-electron chi connectivity index (χ3n) is 6.85. The molecule has 1 aliphatic rings. The van der Waals surface area contributed by atoms with Crippen molar-refractivity contribution in [2.24, 2.45) is 0 Å². The van der Waals surface area contributed by atoms with Crippen LogP contribution in [-0.2, 0) is 11.2 Å². The lowest BCUT2D eigenvalue weighted by Crippen LogP contribution is -2.51. The smallest absolute Gasteiger partial charge is 0.318 e. The first-order valence-corrected chi connectivity index (χ1v) is 12.1. The molecule has 2 N–H and O–H groups in total. The molecule has 0 aliphatic carbocycles. The quantitative estimate of drug-likeness (QED) is 0.513. The van der Waals surface area contributed by atoms with Gasteiger partial charge in [-0.15, -0.1) is 0 Å². The van der Waals surface area contributed by atoms with E-state index in [1.165, 1.54) is 0 Å². The highest BCUT2D eigenvalue weighted by Gasteiger charge is 2.34. The number of aryl methyl sites for hydroxylation is 1. The Morgan fingerprint density at radius 1 is 0.972 bits per heavy atom. The number of hydrogen-bond acceptors (Lipinski definition) is 4. The number of carbonyl (C=O) groups is 2. The van der Waals surface area contributed by atoms with E-state index in [2.05, 4.69) is 10.6 Å². The van der Waals surface area contributed by atoms with E-state index in [9.17, 15) is 9.59 Å². The number of methoxy groups -OCH3 is 2. The van der Waals surface area contributed by atoms with E-state index >= 15 is 0 Å². The third kappa shape index (κ3) is 5.00. The molecular weight excluding hydrogens is 454 g/mol. The number of nitrogens with zero attached hydrogens (tertiary/aromatic N) is 1. The van der Waals surface area contributed by atoms with E-state index in [1.807, 2.05) is 74.5 Å². The molecule has 188 valence electrons. The highest BCUT2D eigenvalue weighted by molar-refractivity contribution is 5.97.